The lowest BCUT2D eigenvalue weighted by molar-refractivity contribution is -0.114. The lowest BCUT2D eigenvalue weighted by Gasteiger charge is -2.11. The molecule has 0 atom stereocenters. The summed E-state index contributed by atoms with van der Waals surface area (Å²) in [6.07, 6.45) is 0. The van der Waals surface area contributed by atoms with Crippen LogP contribution in [0.4, 0.5) is 20.2 Å². The summed E-state index contributed by atoms with van der Waals surface area (Å²) < 4.78 is 27.7. The quantitative estimate of drug-likeness (QED) is 0.687. The van der Waals surface area contributed by atoms with Gasteiger partial charge in [0.2, 0.25) is 5.91 Å². The Labute approximate surface area is 158 Å². The van der Waals surface area contributed by atoms with E-state index < -0.39 is 23.4 Å². The number of rotatable bonds is 4. The van der Waals surface area contributed by atoms with Gasteiger partial charge in [-0.05, 0) is 36.6 Å². The van der Waals surface area contributed by atoms with Gasteiger partial charge >= 0.3 is 0 Å². The molecule has 0 aliphatic carbocycles. The maximum absolute atomic E-state index is 14.0. The topological polar surface area (TPSA) is 71.1 Å². The molecule has 2 heterocycles. The number of anilines is 2. The molecule has 3 aromatic rings. The summed E-state index contributed by atoms with van der Waals surface area (Å²) in [6, 6.07) is 8.77. The van der Waals surface area contributed by atoms with Gasteiger partial charge in [0.15, 0.2) is 0 Å². The van der Waals surface area contributed by atoms with E-state index >= 15 is 0 Å². The van der Waals surface area contributed by atoms with Crippen LogP contribution in [-0.4, -0.2) is 16.8 Å². The highest BCUT2D eigenvalue weighted by molar-refractivity contribution is 7.13. The zero-order valence-electron chi connectivity index (χ0n) is 14.5. The number of thiophene rings is 1. The summed E-state index contributed by atoms with van der Waals surface area (Å²) >= 11 is 1.53. The van der Waals surface area contributed by atoms with Crippen molar-refractivity contribution in [2.75, 3.05) is 10.6 Å². The maximum Gasteiger partial charge on any atom is 0.257 e. The van der Waals surface area contributed by atoms with Crippen molar-refractivity contribution < 1.29 is 18.4 Å². The molecule has 27 heavy (non-hydrogen) atoms. The summed E-state index contributed by atoms with van der Waals surface area (Å²) in [4.78, 5) is 29.0. The van der Waals surface area contributed by atoms with E-state index in [2.05, 4.69) is 15.6 Å². The Morgan fingerprint density at radius 2 is 1.74 bits per heavy atom. The van der Waals surface area contributed by atoms with Crippen LogP contribution in [0.3, 0.4) is 0 Å². The molecule has 0 radical (unpaired) electrons. The molecule has 2 amide bonds. The highest BCUT2D eigenvalue weighted by Crippen LogP contribution is 2.26. The van der Waals surface area contributed by atoms with Crippen molar-refractivity contribution in [1.29, 1.82) is 0 Å². The van der Waals surface area contributed by atoms with Crippen molar-refractivity contribution in [2.45, 2.75) is 13.8 Å². The maximum atomic E-state index is 14.0. The third kappa shape index (κ3) is 4.17. The highest BCUT2D eigenvalue weighted by atomic mass is 32.1. The van der Waals surface area contributed by atoms with Gasteiger partial charge in [0.05, 0.1) is 33.2 Å². The van der Waals surface area contributed by atoms with Crippen molar-refractivity contribution in [3.05, 3.63) is 64.7 Å². The Morgan fingerprint density at radius 1 is 1.04 bits per heavy atom. The Morgan fingerprint density at radius 3 is 2.33 bits per heavy atom. The number of pyridine rings is 1. The van der Waals surface area contributed by atoms with Gasteiger partial charge in [-0.3, -0.25) is 14.6 Å². The summed E-state index contributed by atoms with van der Waals surface area (Å²) in [5.74, 6) is -2.98. The molecule has 0 spiro atoms. The number of aryl methyl sites for hydroxylation is 1. The van der Waals surface area contributed by atoms with Gasteiger partial charge in [0.1, 0.15) is 11.6 Å². The predicted molar refractivity (Wildman–Crippen MR) is 101 cm³/mol. The van der Waals surface area contributed by atoms with E-state index in [1.54, 1.807) is 19.1 Å². The van der Waals surface area contributed by atoms with Crippen molar-refractivity contribution in [3.63, 3.8) is 0 Å². The molecule has 2 aromatic heterocycles. The molecule has 0 saturated carbocycles. The van der Waals surface area contributed by atoms with Gasteiger partial charge < -0.3 is 10.6 Å². The van der Waals surface area contributed by atoms with E-state index in [-0.39, 0.29) is 16.9 Å². The number of nitrogens with one attached hydrogen (secondary N) is 2. The molecule has 5 nitrogen and oxygen atoms in total. The Bertz CT molecular complexity index is 1020. The number of hydrogen-bond acceptors (Lipinski definition) is 4. The second-order valence-corrected chi connectivity index (χ2v) is 6.70. The van der Waals surface area contributed by atoms with Gasteiger partial charge in [-0.2, -0.15) is 0 Å². The molecule has 3 rings (SSSR count). The van der Waals surface area contributed by atoms with Crippen LogP contribution in [0.2, 0.25) is 0 Å². The third-order valence-electron chi connectivity index (χ3n) is 3.72. The first-order valence-corrected chi connectivity index (χ1v) is 8.82. The van der Waals surface area contributed by atoms with E-state index in [0.717, 1.165) is 16.6 Å². The molecule has 0 aliphatic rings. The predicted octanol–water partition coefficient (Wildman–Crippen LogP) is 4.61. The minimum atomic E-state index is -0.948. The molecular weight excluding hydrogens is 372 g/mol. The third-order valence-corrected chi connectivity index (χ3v) is 4.61. The van der Waals surface area contributed by atoms with Crippen LogP contribution in [0.25, 0.3) is 10.6 Å². The summed E-state index contributed by atoms with van der Waals surface area (Å²) in [6.45, 7) is 2.88. The van der Waals surface area contributed by atoms with Crippen molar-refractivity contribution in [1.82, 2.24) is 4.98 Å². The molecule has 1 aromatic carbocycles. The lowest BCUT2D eigenvalue weighted by atomic mass is 10.1. The van der Waals surface area contributed by atoms with Crippen molar-refractivity contribution in [2.24, 2.45) is 0 Å². The monoisotopic (exact) mass is 387 g/mol. The number of amides is 2. The van der Waals surface area contributed by atoms with Crippen LogP contribution in [0.1, 0.15) is 23.0 Å². The largest absolute Gasteiger partial charge is 0.324 e. The molecule has 0 fully saturated rings. The van der Waals surface area contributed by atoms with Crippen molar-refractivity contribution >= 4 is 34.5 Å². The fourth-order valence-corrected chi connectivity index (χ4v) is 3.18. The number of aromatic nitrogens is 1. The molecule has 2 N–H and O–H groups in total. The lowest BCUT2D eigenvalue weighted by Crippen LogP contribution is -2.16. The minimum absolute atomic E-state index is 0.220. The molecule has 0 bridgehead atoms. The highest BCUT2D eigenvalue weighted by Gasteiger charge is 2.16. The normalized spacial score (nSPS) is 10.5. The number of carbonyl (C=O) groups is 2. The molecule has 0 aliphatic heterocycles. The van der Waals surface area contributed by atoms with Crippen LogP contribution in [0.5, 0.6) is 0 Å². The second kappa shape index (κ2) is 7.63. The summed E-state index contributed by atoms with van der Waals surface area (Å²) in [5, 5.41) is 6.57. The van der Waals surface area contributed by atoms with E-state index in [4.69, 9.17) is 0 Å². The number of benzene rings is 1. The van der Waals surface area contributed by atoms with Crippen LogP contribution in [0.15, 0.2) is 41.8 Å². The van der Waals surface area contributed by atoms with Crippen LogP contribution in [0, 0.1) is 18.6 Å². The van der Waals surface area contributed by atoms with Crippen LogP contribution < -0.4 is 10.6 Å². The fourth-order valence-electron chi connectivity index (χ4n) is 2.48. The van der Waals surface area contributed by atoms with E-state index in [0.29, 0.717) is 11.8 Å². The van der Waals surface area contributed by atoms with Crippen LogP contribution >= 0.6 is 11.3 Å². The van der Waals surface area contributed by atoms with Gasteiger partial charge in [0, 0.05) is 13.0 Å². The molecule has 138 valence electrons. The second-order valence-electron chi connectivity index (χ2n) is 5.75. The van der Waals surface area contributed by atoms with E-state index in [1.807, 2.05) is 17.5 Å². The van der Waals surface area contributed by atoms with Crippen LogP contribution in [-0.2, 0) is 4.79 Å². The molecule has 0 unspecified atom stereocenters. The molecule has 0 saturated heterocycles. The van der Waals surface area contributed by atoms with Gasteiger partial charge in [-0.15, -0.1) is 11.3 Å². The van der Waals surface area contributed by atoms with E-state index in [1.165, 1.54) is 18.3 Å². The fraction of sp³-hybridized carbons (Fsp3) is 0.105. The summed E-state index contributed by atoms with van der Waals surface area (Å²) in [5.41, 5.74) is 1.01. The SMILES string of the molecule is CC(=O)Nc1cc(NC(=O)c2ccc(-c3cccs3)nc2C)c(F)cc1F. The first kappa shape index (κ1) is 18.7. The first-order chi connectivity index (χ1) is 12.8. The molecular formula is C19H15F2N3O2S. The zero-order chi connectivity index (χ0) is 19.6. The smallest absolute Gasteiger partial charge is 0.257 e. The number of halogens is 2. The Kier molecular flexibility index (Phi) is 5.27. The van der Waals surface area contributed by atoms with Gasteiger partial charge in [-0.25, -0.2) is 8.78 Å². The van der Waals surface area contributed by atoms with Gasteiger partial charge in [0.25, 0.3) is 5.91 Å². The van der Waals surface area contributed by atoms with Crippen molar-refractivity contribution in [3.8, 4) is 10.6 Å². The Balaban J connectivity index is 1.86. The van der Waals surface area contributed by atoms with Gasteiger partial charge in [-0.1, -0.05) is 6.07 Å². The van der Waals surface area contributed by atoms with E-state index in [9.17, 15) is 18.4 Å². The minimum Gasteiger partial charge on any atom is -0.324 e. The molecule has 8 heteroatoms. The standard InChI is InChI=1S/C19H15F2N3O2S/c1-10-12(5-6-15(22-10)18-4-3-7-27-18)19(26)24-17-9-16(23-11(2)25)13(20)8-14(17)21/h3-9H,1-2H3,(H,23,25)(H,24,26). The average Bonchev–Trinajstić information content (AvgIpc) is 3.13. The Hall–Kier alpha value is -3.13. The average molecular weight is 387 g/mol. The number of nitrogens with zero attached hydrogens (tertiary/aromatic N) is 1. The summed E-state index contributed by atoms with van der Waals surface area (Å²) in [7, 11) is 0. The first-order valence-electron chi connectivity index (χ1n) is 7.94. The zero-order valence-corrected chi connectivity index (χ0v) is 15.3. The number of hydrogen-bond donors (Lipinski definition) is 2. The number of carbonyl (C=O) groups excluding carboxylic acids is 2.